The quantitative estimate of drug-likeness (QED) is 0.825. The van der Waals surface area contributed by atoms with E-state index in [1.807, 2.05) is 26.0 Å². The van der Waals surface area contributed by atoms with Gasteiger partial charge in [-0.25, -0.2) is 0 Å². The van der Waals surface area contributed by atoms with Crippen LogP contribution in [0.3, 0.4) is 0 Å². The Morgan fingerprint density at radius 1 is 1.24 bits per heavy atom. The van der Waals surface area contributed by atoms with Crippen LogP contribution in [-0.4, -0.2) is 37.6 Å². The van der Waals surface area contributed by atoms with Crippen LogP contribution < -0.4 is 10.2 Å². The minimum Gasteiger partial charge on any atom is -0.365 e. The van der Waals surface area contributed by atoms with Gasteiger partial charge in [-0.15, -0.1) is 0 Å². The molecule has 1 fully saturated rings. The van der Waals surface area contributed by atoms with E-state index in [0.29, 0.717) is 19.0 Å². The van der Waals surface area contributed by atoms with Crippen molar-refractivity contribution in [1.82, 2.24) is 5.32 Å². The molecule has 1 unspecified atom stereocenters. The molecular weight excluding hydrogens is 316 g/mol. The van der Waals surface area contributed by atoms with E-state index in [4.69, 9.17) is 4.74 Å². The summed E-state index contributed by atoms with van der Waals surface area (Å²) in [7, 11) is 0. The zero-order valence-electron chi connectivity index (χ0n) is 15.7. The molecule has 0 radical (unpaired) electrons. The maximum Gasteiger partial charge on any atom is 0.253 e. The molecule has 1 heterocycles. The molecule has 25 heavy (non-hydrogen) atoms. The zero-order chi connectivity index (χ0) is 18.4. The fourth-order valence-electron chi connectivity index (χ4n) is 3.06. The second-order valence-electron chi connectivity index (χ2n) is 6.94. The number of nitrogens with zero attached hydrogens (tertiary/aromatic N) is 1. The first-order valence-electron chi connectivity index (χ1n) is 9.25. The lowest BCUT2D eigenvalue weighted by Crippen LogP contribution is -2.51. The summed E-state index contributed by atoms with van der Waals surface area (Å²) in [6, 6.07) is 8.09. The molecule has 0 saturated carbocycles. The normalized spacial score (nSPS) is 18.1. The van der Waals surface area contributed by atoms with E-state index in [2.05, 4.69) is 31.3 Å². The molecule has 1 aromatic rings. The highest BCUT2D eigenvalue weighted by Gasteiger charge is 2.28. The van der Waals surface area contributed by atoms with Crippen LogP contribution in [0.2, 0.25) is 0 Å². The Labute approximate surface area is 150 Å². The van der Waals surface area contributed by atoms with Crippen LogP contribution in [0.1, 0.15) is 52.0 Å². The van der Waals surface area contributed by atoms with Gasteiger partial charge in [-0.3, -0.25) is 9.59 Å². The van der Waals surface area contributed by atoms with Gasteiger partial charge in [0.15, 0.2) is 0 Å². The number of hydrogen-bond acceptors (Lipinski definition) is 3. The van der Waals surface area contributed by atoms with Crippen molar-refractivity contribution in [3.63, 3.8) is 0 Å². The highest BCUT2D eigenvalue weighted by atomic mass is 16.5. The Kier molecular flexibility index (Phi) is 7.00. The molecule has 5 nitrogen and oxygen atoms in total. The maximum atomic E-state index is 12.2. The molecule has 2 rings (SSSR count). The van der Waals surface area contributed by atoms with Crippen molar-refractivity contribution in [3.05, 3.63) is 29.8 Å². The second kappa shape index (κ2) is 8.99. The van der Waals surface area contributed by atoms with Gasteiger partial charge in [-0.1, -0.05) is 39.8 Å². The molecule has 0 spiro atoms. The SMILES string of the molecule is CCC(CC)C(=O)NCC1CN(c2ccc(C(C)C)cc2)C(=O)CO1. The van der Waals surface area contributed by atoms with Crippen molar-refractivity contribution in [3.8, 4) is 0 Å². The number of benzene rings is 1. The summed E-state index contributed by atoms with van der Waals surface area (Å²) < 4.78 is 5.60. The summed E-state index contributed by atoms with van der Waals surface area (Å²) in [5.41, 5.74) is 2.13. The van der Waals surface area contributed by atoms with Gasteiger partial charge in [0.1, 0.15) is 6.61 Å². The fraction of sp³-hybridized carbons (Fsp3) is 0.600. The number of hydrogen-bond donors (Lipinski definition) is 1. The van der Waals surface area contributed by atoms with E-state index in [-0.39, 0.29) is 30.4 Å². The topological polar surface area (TPSA) is 58.6 Å². The monoisotopic (exact) mass is 346 g/mol. The summed E-state index contributed by atoms with van der Waals surface area (Å²) in [6.07, 6.45) is 1.49. The third-order valence-corrected chi connectivity index (χ3v) is 4.86. The predicted molar refractivity (Wildman–Crippen MR) is 99.7 cm³/mol. The highest BCUT2D eigenvalue weighted by Crippen LogP contribution is 2.22. The van der Waals surface area contributed by atoms with Crippen molar-refractivity contribution in [1.29, 1.82) is 0 Å². The maximum absolute atomic E-state index is 12.2. The molecule has 0 aliphatic carbocycles. The Hall–Kier alpha value is -1.88. The molecule has 1 N–H and O–H groups in total. The number of amides is 2. The minimum absolute atomic E-state index is 0.0418. The van der Waals surface area contributed by atoms with E-state index in [9.17, 15) is 9.59 Å². The lowest BCUT2D eigenvalue weighted by Gasteiger charge is -2.33. The van der Waals surface area contributed by atoms with Crippen molar-refractivity contribution in [2.45, 2.75) is 52.6 Å². The van der Waals surface area contributed by atoms with Gasteiger partial charge in [0, 0.05) is 18.2 Å². The van der Waals surface area contributed by atoms with Gasteiger partial charge in [-0.2, -0.15) is 0 Å². The standard InChI is InChI=1S/C20H30N2O3/c1-5-15(6-2)20(24)21-11-18-12-22(19(23)13-25-18)17-9-7-16(8-10-17)14(3)4/h7-10,14-15,18H,5-6,11-13H2,1-4H3,(H,21,24). The summed E-state index contributed by atoms with van der Waals surface area (Å²) >= 11 is 0. The second-order valence-corrected chi connectivity index (χ2v) is 6.94. The van der Waals surface area contributed by atoms with E-state index in [0.717, 1.165) is 18.5 Å². The van der Waals surface area contributed by atoms with Crippen LogP contribution in [0.25, 0.3) is 0 Å². The summed E-state index contributed by atoms with van der Waals surface area (Å²) in [5, 5.41) is 2.96. The van der Waals surface area contributed by atoms with Crippen LogP contribution in [0, 0.1) is 5.92 Å². The van der Waals surface area contributed by atoms with Crippen LogP contribution in [0.4, 0.5) is 5.69 Å². The van der Waals surface area contributed by atoms with Crippen LogP contribution in [0.5, 0.6) is 0 Å². The molecule has 1 aliphatic rings. The van der Waals surface area contributed by atoms with E-state index in [1.54, 1.807) is 4.90 Å². The van der Waals surface area contributed by atoms with Gasteiger partial charge in [-0.05, 0) is 36.5 Å². The lowest BCUT2D eigenvalue weighted by atomic mass is 10.0. The molecule has 5 heteroatoms. The summed E-state index contributed by atoms with van der Waals surface area (Å²) in [6.45, 7) is 9.28. The smallest absolute Gasteiger partial charge is 0.253 e. The Balaban J connectivity index is 1.96. The van der Waals surface area contributed by atoms with Gasteiger partial charge >= 0.3 is 0 Å². The predicted octanol–water partition coefficient (Wildman–Crippen LogP) is 3.09. The van der Waals surface area contributed by atoms with Crippen molar-refractivity contribution >= 4 is 17.5 Å². The lowest BCUT2D eigenvalue weighted by molar-refractivity contribution is -0.130. The first kappa shape index (κ1) is 19.4. The first-order chi connectivity index (χ1) is 12.0. The van der Waals surface area contributed by atoms with E-state index >= 15 is 0 Å². The van der Waals surface area contributed by atoms with Crippen molar-refractivity contribution in [2.24, 2.45) is 5.92 Å². The van der Waals surface area contributed by atoms with E-state index < -0.39 is 0 Å². The highest BCUT2D eigenvalue weighted by molar-refractivity contribution is 5.95. The summed E-state index contributed by atoms with van der Waals surface area (Å²) in [4.78, 5) is 26.1. The van der Waals surface area contributed by atoms with Gasteiger partial charge < -0.3 is 15.0 Å². The third-order valence-electron chi connectivity index (χ3n) is 4.86. The molecule has 2 amide bonds. The molecule has 138 valence electrons. The molecule has 1 aliphatic heterocycles. The molecule has 0 aromatic heterocycles. The first-order valence-corrected chi connectivity index (χ1v) is 9.25. The number of carbonyl (C=O) groups is 2. The Morgan fingerprint density at radius 3 is 2.44 bits per heavy atom. The number of nitrogens with one attached hydrogen (secondary N) is 1. The summed E-state index contributed by atoms with van der Waals surface area (Å²) in [5.74, 6) is 0.533. The third kappa shape index (κ3) is 5.05. The largest absolute Gasteiger partial charge is 0.365 e. The van der Waals surface area contributed by atoms with Gasteiger partial charge in [0.2, 0.25) is 5.91 Å². The van der Waals surface area contributed by atoms with Crippen molar-refractivity contribution in [2.75, 3.05) is 24.6 Å². The molecule has 1 aromatic carbocycles. The average Bonchev–Trinajstić information content (AvgIpc) is 2.62. The minimum atomic E-state index is -0.180. The number of anilines is 1. The number of ether oxygens (including phenoxy) is 1. The van der Waals surface area contributed by atoms with Gasteiger partial charge in [0.25, 0.3) is 5.91 Å². The van der Waals surface area contributed by atoms with Crippen LogP contribution in [-0.2, 0) is 14.3 Å². The van der Waals surface area contributed by atoms with Crippen LogP contribution >= 0.6 is 0 Å². The zero-order valence-corrected chi connectivity index (χ0v) is 15.7. The van der Waals surface area contributed by atoms with Crippen LogP contribution in [0.15, 0.2) is 24.3 Å². The molecule has 1 saturated heterocycles. The average molecular weight is 346 g/mol. The molecule has 0 bridgehead atoms. The fourth-order valence-corrected chi connectivity index (χ4v) is 3.06. The van der Waals surface area contributed by atoms with Crippen molar-refractivity contribution < 1.29 is 14.3 Å². The van der Waals surface area contributed by atoms with Gasteiger partial charge in [0.05, 0.1) is 12.6 Å². The Bertz CT molecular complexity index is 579. The molecular formula is C20H30N2O3. The number of rotatable bonds is 7. The van der Waals surface area contributed by atoms with E-state index in [1.165, 1.54) is 5.56 Å². The number of morpholine rings is 1. The number of carbonyl (C=O) groups excluding carboxylic acids is 2. The molecule has 1 atom stereocenters. The Morgan fingerprint density at radius 2 is 1.88 bits per heavy atom.